The fourth-order valence-electron chi connectivity index (χ4n) is 0.911. The second kappa shape index (κ2) is 4.36. The highest BCUT2D eigenvalue weighted by Crippen LogP contribution is 2.23. The van der Waals surface area contributed by atoms with Gasteiger partial charge in [0.15, 0.2) is 5.78 Å². The van der Waals surface area contributed by atoms with Gasteiger partial charge in [0, 0.05) is 6.42 Å². The molecule has 0 aliphatic carbocycles. The third-order valence-electron chi connectivity index (χ3n) is 1.75. The Hall–Kier alpha value is -1.91. The van der Waals surface area contributed by atoms with Gasteiger partial charge in [-0.2, -0.15) is 0 Å². The molecule has 0 aliphatic rings. The number of hydrogen-bond acceptors (Lipinski definition) is 3. The quantitative estimate of drug-likeness (QED) is 0.478. The lowest BCUT2D eigenvalue weighted by atomic mass is 9.82. The van der Waals surface area contributed by atoms with E-state index in [2.05, 4.69) is 13.2 Å². The van der Waals surface area contributed by atoms with Crippen LogP contribution in [0.15, 0.2) is 25.3 Å². The number of rotatable bonds is 6. The fourth-order valence-corrected chi connectivity index (χ4v) is 0.911. The maximum absolute atomic E-state index is 11.3. The number of ketones is 1. The van der Waals surface area contributed by atoms with Gasteiger partial charge < -0.3 is 10.2 Å². The van der Waals surface area contributed by atoms with Gasteiger partial charge in [-0.1, -0.05) is 12.2 Å². The lowest BCUT2D eigenvalue weighted by molar-refractivity contribution is -0.163. The van der Waals surface area contributed by atoms with E-state index in [0.717, 1.165) is 6.08 Å². The Bertz CT molecular complexity index is 288. The number of aliphatic carboxylic acids is 2. The van der Waals surface area contributed by atoms with Crippen LogP contribution in [0, 0.1) is 5.41 Å². The highest BCUT2D eigenvalue weighted by atomic mass is 16.4. The molecule has 0 aromatic carbocycles. The average molecular weight is 198 g/mol. The summed E-state index contributed by atoms with van der Waals surface area (Å²) in [6, 6.07) is 0. The molecule has 14 heavy (non-hydrogen) atoms. The summed E-state index contributed by atoms with van der Waals surface area (Å²) in [5.74, 6) is -4.46. The lowest BCUT2D eigenvalue weighted by Crippen LogP contribution is -2.44. The van der Waals surface area contributed by atoms with Gasteiger partial charge in [0.1, 0.15) is 0 Å². The molecule has 5 heteroatoms. The maximum atomic E-state index is 11.3. The Morgan fingerprint density at radius 3 is 1.79 bits per heavy atom. The number of allylic oxidation sites excluding steroid dienone is 1. The van der Waals surface area contributed by atoms with Gasteiger partial charge in [-0.15, -0.1) is 13.2 Å². The molecule has 2 N–H and O–H groups in total. The molecule has 0 aromatic rings. The number of Topliss-reactive ketones (excluding diaryl/α,β-unsaturated/α-hetero) is 1. The summed E-state index contributed by atoms with van der Waals surface area (Å²) in [5.41, 5.74) is -2.56. The summed E-state index contributed by atoms with van der Waals surface area (Å²) in [5, 5.41) is 17.4. The SMILES string of the molecule is C=CCC(=O)C(C=C)(C(=O)O)C(=O)O. The highest BCUT2D eigenvalue weighted by molar-refractivity contribution is 6.21. The molecule has 0 amide bonds. The van der Waals surface area contributed by atoms with Gasteiger partial charge in [0.05, 0.1) is 0 Å². The monoisotopic (exact) mass is 198 g/mol. The molecule has 0 fully saturated rings. The van der Waals surface area contributed by atoms with Gasteiger partial charge in [0.25, 0.3) is 0 Å². The minimum absolute atomic E-state index is 0.329. The zero-order valence-corrected chi connectivity index (χ0v) is 7.40. The fraction of sp³-hybridized carbons (Fsp3) is 0.222. The van der Waals surface area contributed by atoms with Crippen molar-refractivity contribution in [1.82, 2.24) is 0 Å². The van der Waals surface area contributed by atoms with Gasteiger partial charge >= 0.3 is 11.9 Å². The van der Waals surface area contributed by atoms with Crippen LogP contribution in [0.3, 0.4) is 0 Å². The van der Waals surface area contributed by atoms with Crippen molar-refractivity contribution in [3.8, 4) is 0 Å². The van der Waals surface area contributed by atoms with Crippen LogP contribution in [-0.4, -0.2) is 27.9 Å². The standard InChI is InChI=1S/C9H10O5/c1-3-5-6(10)9(4-2,7(11)12)8(13)14/h3-4H,1-2,5H2,(H,11,12)(H,13,14). The zero-order valence-electron chi connectivity index (χ0n) is 7.40. The van der Waals surface area contributed by atoms with Crippen LogP contribution in [0.4, 0.5) is 0 Å². The van der Waals surface area contributed by atoms with Crippen molar-refractivity contribution in [3.05, 3.63) is 25.3 Å². The third-order valence-corrected chi connectivity index (χ3v) is 1.75. The van der Waals surface area contributed by atoms with E-state index in [1.807, 2.05) is 0 Å². The first kappa shape index (κ1) is 12.1. The molecule has 0 spiro atoms. The zero-order chi connectivity index (χ0) is 11.4. The average Bonchev–Trinajstić information content (AvgIpc) is 2.05. The number of carbonyl (C=O) groups excluding carboxylic acids is 1. The summed E-state index contributed by atoms with van der Waals surface area (Å²) in [6.07, 6.45) is 1.43. The summed E-state index contributed by atoms with van der Waals surface area (Å²) in [7, 11) is 0. The minimum atomic E-state index is -2.56. The van der Waals surface area contributed by atoms with Crippen LogP contribution in [0.5, 0.6) is 0 Å². The molecule has 0 aliphatic heterocycles. The molecule has 76 valence electrons. The van der Waals surface area contributed by atoms with Crippen molar-refractivity contribution in [3.63, 3.8) is 0 Å². The molecule has 0 bridgehead atoms. The van der Waals surface area contributed by atoms with Crippen molar-refractivity contribution >= 4 is 17.7 Å². The summed E-state index contributed by atoms with van der Waals surface area (Å²) >= 11 is 0. The number of carboxylic acid groups (broad SMARTS) is 2. The predicted octanol–water partition coefficient (Wildman–Crippen LogP) is 0.473. The number of carbonyl (C=O) groups is 3. The Labute approximate surface area is 80.4 Å². The topological polar surface area (TPSA) is 91.7 Å². The first-order valence-corrected chi connectivity index (χ1v) is 3.68. The van der Waals surface area contributed by atoms with E-state index in [1.165, 1.54) is 0 Å². The summed E-state index contributed by atoms with van der Waals surface area (Å²) in [4.78, 5) is 32.7. The van der Waals surface area contributed by atoms with Crippen LogP contribution in [0.2, 0.25) is 0 Å². The molecule has 0 atom stereocenters. The van der Waals surface area contributed by atoms with Crippen LogP contribution in [-0.2, 0) is 14.4 Å². The van der Waals surface area contributed by atoms with E-state index >= 15 is 0 Å². The number of hydrogen-bond donors (Lipinski definition) is 2. The summed E-state index contributed by atoms with van der Waals surface area (Å²) < 4.78 is 0. The van der Waals surface area contributed by atoms with Gasteiger partial charge in [0.2, 0.25) is 5.41 Å². The predicted molar refractivity (Wildman–Crippen MR) is 47.7 cm³/mol. The second-order valence-corrected chi connectivity index (χ2v) is 2.54. The molecule has 0 saturated carbocycles. The lowest BCUT2D eigenvalue weighted by Gasteiger charge is -2.17. The molecular formula is C9H10O5. The third kappa shape index (κ3) is 1.71. The van der Waals surface area contributed by atoms with Gasteiger partial charge in [-0.05, 0) is 0 Å². The Kier molecular flexibility index (Phi) is 3.77. The van der Waals surface area contributed by atoms with Crippen molar-refractivity contribution < 1.29 is 24.6 Å². The summed E-state index contributed by atoms with van der Waals surface area (Å²) in [6.45, 7) is 6.29. The maximum Gasteiger partial charge on any atom is 0.332 e. The van der Waals surface area contributed by atoms with E-state index in [0.29, 0.717) is 6.08 Å². The molecule has 0 unspecified atom stereocenters. The van der Waals surface area contributed by atoms with E-state index in [4.69, 9.17) is 10.2 Å². The van der Waals surface area contributed by atoms with E-state index < -0.39 is 23.1 Å². The minimum Gasteiger partial charge on any atom is -0.480 e. The molecule has 0 heterocycles. The van der Waals surface area contributed by atoms with E-state index in [-0.39, 0.29) is 6.42 Å². The first-order chi connectivity index (χ1) is 6.43. The highest BCUT2D eigenvalue weighted by Gasteiger charge is 2.50. The smallest absolute Gasteiger partial charge is 0.332 e. The Balaban J connectivity index is 5.35. The molecule has 0 radical (unpaired) electrons. The molecule has 5 nitrogen and oxygen atoms in total. The number of carboxylic acids is 2. The van der Waals surface area contributed by atoms with Crippen molar-refractivity contribution in [2.24, 2.45) is 5.41 Å². The first-order valence-electron chi connectivity index (χ1n) is 3.68. The Morgan fingerprint density at radius 1 is 1.14 bits per heavy atom. The van der Waals surface area contributed by atoms with Crippen LogP contribution in [0.1, 0.15) is 6.42 Å². The largest absolute Gasteiger partial charge is 0.480 e. The Morgan fingerprint density at radius 2 is 1.57 bits per heavy atom. The molecule has 0 aromatic heterocycles. The van der Waals surface area contributed by atoms with Crippen molar-refractivity contribution in [1.29, 1.82) is 0 Å². The van der Waals surface area contributed by atoms with Crippen LogP contribution < -0.4 is 0 Å². The van der Waals surface area contributed by atoms with E-state index in [9.17, 15) is 14.4 Å². The van der Waals surface area contributed by atoms with Gasteiger partial charge in [-0.25, -0.2) is 0 Å². The van der Waals surface area contributed by atoms with Gasteiger partial charge in [-0.3, -0.25) is 14.4 Å². The van der Waals surface area contributed by atoms with E-state index in [1.54, 1.807) is 0 Å². The molecule has 0 saturated heterocycles. The molecular weight excluding hydrogens is 188 g/mol. The van der Waals surface area contributed by atoms with Crippen molar-refractivity contribution in [2.45, 2.75) is 6.42 Å². The van der Waals surface area contributed by atoms with Crippen molar-refractivity contribution in [2.75, 3.05) is 0 Å². The van der Waals surface area contributed by atoms with Crippen LogP contribution in [0.25, 0.3) is 0 Å². The second-order valence-electron chi connectivity index (χ2n) is 2.54. The van der Waals surface area contributed by atoms with Crippen LogP contribution >= 0.6 is 0 Å². The normalized spacial score (nSPS) is 10.3. The molecule has 0 rings (SSSR count).